The first-order valence-electron chi connectivity index (χ1n) is 11.0. The van der Waals surface area contributed by atoms with Gasteiger partial charge in [-0.25, -0.2) is 4.79 Å². The summed E-state index contributed by atoms with van der Waals surface area (Å²) in [6.07, 6.45) is 4.15. The van der Waals surface area contributed by atoms with E-state index in [1.54, 1.807) is 14.1 Å². The number of carbonyl (C=O) groups is 3. The maximum Gasteiger partial charge on any atom is 0.359 e. The van der Waals surface area contributed by atoms with Crippen LogP contribution >= 0.6 is 0 Å². The van der Waals surface area contributed by atoms with Crippen molar-refractivity contribution in [1.82, 2.24) is 4.90 Å². The Kier molecular flexibility index (Phi) is 5.98. The van der Waals surface area contributed by atoms with Crippen LogP contribution in [0.2, 0.25) is 0 Å². The van der Waals surface area contributed by atoms with E-state index in [0.29, 0.717) is 6.54 Å². The lowest BCUT2D eigenvalue weighted by Gasteiger charge is -2.32. The van der Waals surface area contributed by atoms with E-state index in [-0.39, 0.29) is 41.2 Å². The highest BCUT2D eigenvalue weighted by Gasteiger charge is 2.55. The number of nitrogens with zero attached hydrogens (tertiary/aromatic N) is 2. The van der Waals surface area contributed by atoms with Gasteiger partial charge in [0.25, 0.3) is 0 Å². The van der Waals surface area contributed by atoms with Crippen LogP contribution in [0.4, 0.5) is 0 Å². The summed E-state index contributed by atoms with van der Waals surface area (Å²) in [7, 11) is 3.60. The van der Waals surface area contributed by atoms with Gasteiger partial charge in [0, 0.05) is 11.8 Å². The van der Waals surface area contributed by atoms with Crippen LogP contribution in [0.3, 0.4) is 0 Å². The molecule has 32 heavy (non-hydrogen) atoms. The first kappa shape index (κ1) is 22.0. The zero-order valence-electron chi connectivity index (χ0n) is 18.4. The van der Waals surface area contributed by atoms with Crippen LogP contribution in [0.5, 0.6) is 0 Å². The molecule has 1 heterocycles. The summed E-state index contributed by atoms with van der Waals surface area (Å²) in [6.45, 7) is 0.542. The number of amides is 2. The predicted octanol–water partition coefficient (Wildman–Crippen LogP) is 2.89. The van der Waals surface area contributed by atoms with Crippen molar-refractivity contribution in [2.24, 2.45) is 11.8 Å². The predicted molar refractivity (Wildman–Crippen MR) is 121 cm³/mol. The van der Waals surface area contributed by atoms with Gasteiger partial charge in [0.05, 0.1) is 39.0 Å². The third kappa shape index (κ3) is 4.23. The Bertz CT molecular complexity index is 965. The SMILES string of the molecule is C[N+](C)(CCN1C(=O)C2C(c3ccccc3)C=CC(c3ccccc3)C2C1=O)CC(=O)O. The summed E-state index contributed by atoms with van der Waals surface area (Å²) in [4.78, 5) is 39.7. The van der Waals surface area contributed by atoms with E-state index in [9.17, 15) is 14.4 Å². The summed E-state index contributed by atoms with van der Waals surface area (Å²) in [6, 6.07) is 19.7. The normalized spacial score (nSPS) is 25.1. The fourth-order valence-electron chi connectivity index (χ4n) is 5.03. The summed E-state index contributed by atoms with van der Waals surface area (Å²) in [5, 5.41) is 9.16. The number of fused-ring (bicyclic) bond motifs is 1. The van der Waals surface area contributed by atoms with Gasteiger partial charge in [0.2, 0.25) is 11.8 Å². The quantitative estimate of drug-likeness (QED) is 0.414. The van der Waals surface area contributed by atoms with E-state index < -0.39 is 17.8 Å². The standard InChI is InChI=1S/C26H28N2O4/c1-28(2,17-22(29)30)16-15-27-25(31)23-20(18-9-5-3-6-10-18)13-14-21(24(23)26(27)32)19-11-7-4-8-12-19/h3-14,20-21,23-24H,15-17H2,1-2H3/p+1. The summed E-state index contributed by atoms with van der Waals surface area (Å²) in [5.41, 5.74) is 2.05. The maximum atomic E-state index is 13.6. The van der Waals surface area contributed by atoms with Gasteiger partial charge in [-0.3, -0.25) is 14.5 Å². The van der Waals surface area contributed by atoms with Crippen molar-refractivity contribution in [3.05, 3.63) is 83.9 Å². The Morgan fingerprint density at radius 2 is 1.28 bits per heavy atom. The average molecular weight is 434 g/mol. The van der Waals surface area contributed by atoms with Crippen LogP contribution in [0.1, 0.15) is 23.0 Å². The Labute approximate surface area is 188 Å². The molecule has 1 N–H and O–H groups in total. The number of carboxylic acids is 1. The van der Waals surface area contributed by atoms with Crippen molar-refractivity contribution in [2.75, 3.05) is 33.7 Å². The fraction of sp³-hybridized carbons (Fsp3) is 0.346. The fourth-order valence-corrected chi connectivity index (χ4v) is 5.03. The lowest BCUT2D eigenvalue weighted by molar-refractivity contribution is -0.882. The highest BCUT2D eigenvalue weighted by molar-refractivity contribution is 6.06. The molecule has 0 spiro atoms. The van der Waals surface area contributed by atoms with E-state index in [2.05, 4.69) is 12.2 Å². The van der Waals surface area contributed by atoms with E-state index in [0.717, 1.165) is 11.1 Å². The molecule has 2 aromatic rings. The molecule has 2 aliphatic rings. The van der Waals surface area contributed by atoms with Crippen LogP contribution in [0.25, 0.3) is 0 Å². The van der Waals surface area contributed by atoms with Gasteiger partial charge in [0.1, 0.15) is 0 Å². The van der Waals surface area contributed by atoms with E-state index in [1.165, 1.54) is 4.90 Å². The van der Waals surface area contributed by atoms with E-state index in [4.69, 9.17) is 5.11 Å². The maximum absolute atomic E-state index is 13.6. The number of hydrogen-bond acceptors (Lipinski definition) is 3. The van der Waals surface area contributed by atoms with Crippen LogP contribution in [0, 0.1) is 11.8 Å². The average Bonchev–Trinajstić information content (AvgIpc) is 3.02. The molecule has 166 valence electrons. The lowest BCUT2D eigenvalue weighted by atomic mass is 9.68. The molecule has 1 aliphatic carbocycles. The van der Waals surface area contributed by atoms with Gasteiger partial charge in [-0.05, 0) is 11.1 Å². The molecule has 0 radical (unpaired) electrons. The Hall–Kier alpha value is -3.25. The Morgan fingerprint density at radius 1 is 0.844 bits per heavy atom. The molecule has 4 unspecified atom stereocenters. The molecule has 1 fully saturated rings. The molecule has 1 aliphatic heterocycles. The summed E-state index contributed by atoms with van der Waals surface area (Å²) < 4.78 is 0.199. The van der Waals surface area contributed by atoms with Crippen molar-refractivity contribution in [2.45, 2.75) is 11.8 Å². The van der Waals surface area contributed by atoms with Crippen molar-refractivity contribution in [3.63, 3.8) is 0 Å². The number of allylic oxidation sites excluding steroid dienone is 2. The number of carboxylic acid groups (broad SMARTS) is 1. The first-order chi connectivity index (χ1) is 15.3. The molecule has 6 heteroatoms. The minimum absolute atomic E-state index is 0.0656. The molecule has 2 aromatic carbocycles. The second-order valence-electron chi connectivity index (χ2n) is 9.35. The number of benzene rings is 2. The number of quaternary nitrogens is 1. The molecular formula is C26H29N2O4+. The van der Waals surface area contributed by atoms with Crippen molar-refractivity contribution < 1.29 is 24.0 Å². The molecular weight excluding hydrogens is 404 g/mol. The molecule has 0 bridgehead atoms. The topological polar surface area (TPSA) is 74.7 Å². The van der Waals surface area contributed by atoms with Gasteiger partial charge in [-0.15, -0.1) is 0 Å². The highest BCUT2D eigenvalue weighted by atomic mass is 16.4. The summed E-state index contributed by atoms with van der Waals surface area (Å²) >= 11 is 0. The molecule has 0 saturated carbocycles. The minimum atomic E-state index is -0.903. The molecule has 4 rings (SSSR count). The Balaban J connectivity index is 1.67. The number of aliphatic carboxylic acids is 1. The monoisotopic (exact) mass is 433 g/mol. The number of likely N-dealkylation sites (tertiary alicyclic amines) is 1. The van der Waals surface area contributed by atoms with Crippen LogP contribution in [-0.2, 0) is 14.4 Å². The second kappa shape index (κ2) is 8.71. The number of hydrogen-bond donors (Lipinski definition) is 1. The molecule has 1 saturated heterocycles. The van der Waals surface area contributed by atoms with Crippen LogP contribution in [-0.4, -0.2) is 66.0 Å². The summed E-state index contributed by atoms with van der Waals surface area (Å²) in [5.74, 6) is -2.47. The van der Waals surface area contributed by atoms with Gasteiger partial charge >= 0.3 is 5.97 Å². The highest BCUT2D eigenvalue weighted by Crippen LogP contribution is 2.49. The Morgan fingerprint density at radius 3 is 1.69 bits per heavy atom. The minimum Gasteiger partial charge on any atom is -0.477 e. The molecule has 6 nitrogen and oxygen atoms in total. The number of rotatable bonds is 7. The molecule has 0 aromatic heterocycles. The van der Waals surface area contributed by atoms with Gasteiger partial charge in [-0.1, -0.05) is 72.8 Å². The van der Waals surface area contributed by atoms with Gasteiger partial charge in [0.15, 0.2) is 6.54 Å². The first-order valence-corrected chi connectivity index (χ1v) is 11.0. The van der Waals surface area contributed by atoms with Gasteiger partial charge in [-0.2, -0.15) is 0 Å². The lowest BCUT2D eigenvalue weighted by Crippen LogP contribution is -2.49. The van der Waals surface area contributed by atoms with Gasteiger partial charge < -0.3 is 9.59 Å². The van der Waals surface area contributed by atoms with Crippen LogP contribution < -0.4 is 0 Å². The number of likely N-dealkylation sites (N-methyl/N-ethyl adjacent to an activating group) is 1. The largest absolute Gasteiger partial charge is 0.477 e. The number of imide groups is 1. The zero-order valence-corrected chi connectivity index (χ0v) is 18.4. The van der Waals surface area contributed by atoms with Crippen molar-refractivity contribution in [3.8, 4) is 0 Å². The van der Waals surface area contributed by atoms with Crippen LogP contribution in [0.15, 0.2) is 72.8 Å². The third-order valence-electron chi connectivity index (χ3n) is 6.65. The smallest absolute Gasteiger partial charge is 0.359 e. The zero-order chi connectivity index (χ0) is 22.9. The second-order valence-corrected chi connectivity index (χ2v) is 9.35. The molecule has 2 amide bonds. The molecule has 4 atom stereocenters. The number of carbonyl (C=O) groups excluding carboxylic acids is 2. The van der Waals surface area contributed by atoms with E-state index in [1.807, 2.05) is 60.7 Å². The third-order valence-corrected chi connectivity index (χ3v) is 6.65. The van der Waals surface area contributed by atoms with Crippen molar-refractivity contribution in [1.29, 1.82) is 0 Å². The van der Waals surface area contributed by atoms with E-state index >= 15 is 0 Å². The van der Waals surface area contributed by atoms with Crippen molar-refractivity contribution >= 4 is 17.8 Å².